The largest absolute Gasteiger partial charge is 0.503 e. The molecular weight excluding hydrogens is 455 g/mol. The minimum Gasteiger partial charge on any atom is -0.450 e. The molecule has 0 amide bonds. The molecule has 1 fully saturated rings. The van der Waals surface area contributed by atoms with Crippen LogP contribution < -0.4 is 5.32 Å². The van der Waals surface area contributed by atoms with Crippen LogP contribution in [0.1, 0.15) is 36.0 Å². The summed E-state index contributed by atoms with van der Waals surface area (Å²) in [5.74, 6) is 0.243. The molecular formula is C26H23FN2O4S. The quantitative estimate of drug-likeness (QED) is 0.258. The lowest BCUT2D eigenvalue weighted by Gasteiger charge is -2.09. The summed E-state index contributed by atoms with van der Waals surface area (Å²) in [5, 5.41) is 18.0. The van der Waals surface area contributed by atoms with Crippen LogP contribution in [0.5, 0.6) is 0 Å². The number of carbonyl (C=O) groups excluding carboxylic acids is 1. The van der Waals surface area contributed by atoms with E-state index < -0.39 is 6.16 Å². The van der Waals surface area contributed by atoms with Crippen molar-refractivity contribution in [2.24, 2.45) is 5.92 Å². The number of carbonyl (C=O) groups is 2. The second kappa shape index (κ2) is 10.4. The van der Waals surface area contributed by atoms with Gasteiger partial charge in [-0.25, -0.2) is 14.2 Å². The number of benzene rings is 3. The van der Waals surface area contributed by atoms with Gasteiger partial charge in [0.15, 0.2) is 10.9 Å². The van der Waals surface area contributed by atoms with Crippen molar-refractivity contribution in [3.63, 3.8) is 0 Å². The lowest BCUT2D eigenvalue weighted by Crippen LogP contribution is -2.10. The summed E-state index contributed by atoms with van der Waals surface area (Å²) >= 11 is 1.43. The van der Waals surface area contributed by atoms with Crippen LogP contribution in [0, 0.1) is 11.7 Å². The summed E-state index contributed by atoms with van der Waals surface area (Å²) < 4.78 is 14.2. The van der Waals surface area contributed by atoms with E-state index in [4.69, 9.17) is 15.0 Å². The number of halogens is 1. The Morgan fingerprint density at radius 2 is 1.50 bits per heavy atom. The van der Waals surface area contributed by atoms with Crippen LogP contribution in [0.25, 0.3) is 21.3 Å². The highest BCUT2D eigenvalue weighted by molar-refractivity contribution is 7.22. The molecule has 0 bridgehead atoms. The molecule has 0 radical (unpaired) electrons. The number of anilines is 2. The average Bonchev–Trinajstić information content (AvgIpc) is 3.48. The van der Waals surface area contributed by atoms with Gasteiger partial charge in [0.05, 0.1) is 10.2 Å². The number of hydrogen-bond donors (Lipinski definition) is 3. The van der Waals surface area contributed by atoms with Crippen molar-refractivity contribution >= 4 is 44.3 Å². The molecule has 34 heavy (non-hydrogen) atoms. The number of carboxylic acid groups (broad SMARTS) is 2. The smallest absolute Gasteiger partial charge is 0.450 e. The van der Waals surface area contributed by atoms with Crippen LogP contribution in [0.4, 0.5) is 20.0 Å². The molecule has 0 unspecified atom stereocenters. The summed E-state index contributed by atoms with van der Waals surface area (Å²) in [6, 6.07) is 20.6. The first-order valence-electron chi connectivity index (χ1n) is 10.9. The van der Waals surface area contributed by atoms with Gasteiger partial charge in [-0.1, -0.05) is 60.6 Å². The molecule has 1 aromatic heterocycles. The van der Waals surface area contributed by atoms with Gasteiger partial charge >= 0.3 is 6.16 Å². The Morgan fingerprint density at radius 3 is 2.12 bits per heavy atom. The number of aromatic nitrogens is 1. The number of rotatable bonds is 5. The van der Waals surface area contributed by atoms with Gasteiger partial charge in [-0.3, -0.25) is 4.79 Å². The molecule has 4 aromatic rings. The molecule has 3 aromatic carbocycles. The Hall–Kier alpha value is -3.78. The molecule has 1 aliphatic carbocycles. The maximum atomic E-state index is 13.4. The third-order valence-electron chi connectivity index (χ3n) is 5.72. The Labute approximate surface area is 199 Å². The topological polar surface area (TPSA) is 99.5 Å². The summed E-state index contributed by atoms with van der Waals surface area (Å²) in [6.45, 7) is 0. The number of ketones is 1. The number of Topliss-reactive ketones (excluding diaryl/α,β-unsaturated/α-hetero) is 1. The van der Waals surface area contributed by atoms with Crippen molar-refractivity contribution in [3.05, 3.63) is 78.1 Å². The highest BCUT2D eigenvalue weighted by Crippen LogP contribution is 2.31. The molecule has 1 heterocycles. The van der Waals surface area contributed by atoms with E-state index in [1.54, 1.807) is 6.07 Å². The van der Waals surface area contributed by atoms with E-state index >= 15 is 0 Å². The van der Waals surface area contributed by atoms with E-state index in [9.17, 15) is 9.18 Å². The summed E-state index contributed by atoms with van der Waals surface area (Å²) in [7, 11) is 0. The first kappa shape index (κ1) is 23.4. The fraction of sp³-hybridized carbons (Fsp3) is 0.192. The monoisotopic (exact) mass is 478 g/mol. The Bertz CT molecular complexity index is 1290. The van der Waals surface area contributed by atoms with Gasteiger partial charge in [-0.15, -0.1) is 0 Å². The van der Waals surface area contributed by atoms with Crippen molar-refractivity contribution in [2.75, 3.05) is 5.32 Å². The first-order valence-corrected chi connectivity index (χ1v) is 11.7. The van der Waals surface area contributed by atoms with Crippen LogP contribution in [-0.2, 0) is 0 Å². The van der Waals surface area contributed by atoms with Crippen LogP contribution in [0.15, 0.2) is 66.7 Å². The zero-order valence-corrected chi connectivity index (χ0v) is 19.0. The molecule has 0 spiro atoms. The number of thiazole rings is 1. The summed E-state index contributed by atoms with van der Waals surface area (Å²) in [6.07, 6.45) is 2.56. The first-order chi connectivity index (χ1) is 16.4. The van der Waals surface area contributed by atoms with E-state index in [1.807, 2.05) is 48.5 Å². The van der Waals surface area contributed by atoms with E-state index in [1.165, 1.54) is 36.3 Å². The fourth-order valence-electron chi connectivity index (χ4n) is 4.07. The molecule has 0 saturated heterocycles. The van der Waals surface area contributed by atoms with Crippen LogP contribution in [0.2, 0.25) is 0 Å². The SMILES string of the molecule is O=C(O)O.O=C(c1ccc(-c2ccc(Nc3nc4ccc(F)cc4s3)cc2)cc1)C1CCCC1. The van der Waals surface area contributed by atoms with E-state index in [0.29, 0.717) is 0 Å². The average molecular weight is 479 g/mol. The number of nitrogens with zero attached hydrogens (tertiary/aromatic N) is 1. The van der Waals surface area contributed by atoms with Crippen molar-refractivity contribution in [3.8, 4) is 11.1 Å². The predicted octanol–water partition coefficient (Wildman–Crippen LogP) is 7.44. The van der Waals surface area contributed by atoms with Crippen LogP contribution in [0.3, 0.4) is 0 Å². The number of nitrogens with one attached hydrogen (secondary N) is 1. The van der Waals surface area contributed by atoms with E-state index in [0.717, 1.165) is 50.6 Å². The second-order valence-corrected chi connectivity index (χ2v) is 9.07. The standard InChI is InChI=1S/C25H21FN2OS.CH2O3/c26-20-11-14-22-23(15-20)30-25(28-22)27-21-12-9-17(10-13-21)16-5-7-19(8-6-16)24(29)18-3-1-2-4-18;2-1(3)4/h5-15,18H,1-4H2,(H,27,28);(H2,2,3,4). The van der Waals surface area contributed by atoms with Gasteiger partial charge in [-0.2, -0.15) is 0 Å². The zero-order valence-electron chi connectivity index (χ0n) is 18.2. The minimum atomic E-state index is -1.83. The lowest BCUT2D eigenvalue weighted by molar-refractivity contribution is 0.0922. The third-order valence-corrected chi connectivity index (χ3v) is 6.65. The molecule has 3 N–H and O–H groups in total. The normalized spacial score (nSPS) is 13.3. The maximum absolute atomic E-state index is 13.4. The van der Waals surface area contributed by atoms with Gasteiger partial charge in [0, 0.05) is 17.2 Å². The van der Waals surface area contributed by atoms with Crippen LogP contribution in [-0.4, -0.2) is 27.1 Å². The summed E-state index contributed by atoms with van der Waals surface area (Å²) in [4.78, 5) is 25.6. The lowest BCUT2D eigenvalue weighted by atomic mass is 9.94. The number of fused-ring (bicyclic) bond motifs is 1. The molecule has 1 saturated carbocycles. The zero-order chi connectivity index (χ0) is 24.1. The molecule has 174 valence electrons. The molecule has 5 rings (SSSR count). The maximum Gasteiger partial charge on any atom is 0.503 e. The molecule has 8 heteroatoms. The van der Waals surface area contributed by atoms with Crippen molar-refractivity contribution in [1.82, 2.24) is 4.98 Å². The van der Waals surface area contributed by atoms with Crippen LogP contribution >= 0.6 is 11.3 Å². The number of hydrogen-bond acceptors (Lipinski definition) is 5. The van der Waals surface area contributed by atoms with Crippen molar-refractivity contribution in [1.29, 1.82) is 0 Å². The van der Waals surface area contributed by atoms with Gasteiger partial charge < -0.3 is 15.5 Å². The second-order valence-electron chi connectivity index (χ2n) is 8.04. The predicted molar refractivity (Wildman–Crippen MR) is 132 cm³/mol. The van der Waals surface area contributed by atoms with E-state index in [-0.39, 0.29) is 17.5 Å². The highest BCUT2D eigenvalue weighted by Gasteiger charge is 2.23. The molecule has 0 aliphatic heterocycles. The Kier molecular flexibility index (Phi) is 7.18. The van der Waals surface area contributed by atoms with Gasteiger partial charge in [0.2, 0.25) is 0 Å². The summed E-state index contributed by atoms with van der Waals surface area (Å²) in [5.41, 5.74) is 4.70. The van der Waals surface area contributed by atoms with Gasteiger partial charge in [0.1, 0.15) is 5.82 Å². The Balaban J connectivity index is 0.000000636. The van der Waals surface area contributed by atoms with Crippen molar-refractivity contribution in [2.45, 2.75) is 25.7 Å². The molecule has 0 atom stereocenters. The molecule has 6 nitrogen and oxygen atoms in total. The molecule has 1 aliphatic rings. The van der Waals surface area contributed by atoms with Gasteiger partial charge in [0.25, 0.3) is 0 Å². The third kappa shape index (κ3) is 5.77. The Morgan fingerprint density at radius 1 is 0.912 bits per heavy atom. The minimum absolute atomic E-state index is 0.209. The highest BCUT2D eigenvalue weighted by atomic mass is 32.1. The van der Waals surface area contributed by atoms with Crippen molar-refractivity contribution < 1.29 is 24.2 Å². The van der Waals surface area contributed by atoms with E-state index in [2.05, 4.69) is 10.3 Å². The van der Waals surface area contributed by atoms with Gasteiger partial charge in [-0.05, 0) is 54.3 Å². The fourth-order valence-corrected chi connectivity index (χ4v) is 4.98.